The van der Waals surface area contributed by atoms with Crippen molar-refractivity contribution in [3.63, 3.8) is 0 Å². The second kappa shape index (κ2) is 5.27. The molecule has 0 saturated heterocycles. The first-order chi connectivity index (χ1) is 7.95. The summed E-state index contributed by atoms with van der Waals surface area (Å²) in [7, 11) is -4.65. The monoisotopic (exact) mass is 272 g/mol. The van der Waals surface area contributed by atoms with Gasteiger partial charge in [-0.1, -0.05) is 12.1 Å². The summed E-state index contributed by atoms with van der Waals surface area (Å²) in [5, 5.41) is 0. The van der Waals surface area contributed by atoms with Gasteiger partial charge in [0.15, 0.2) is 0 Å². The zero-order valence-corrected chi connectivity index (χ0v) is 12.1. The van der Waals surface area contributed by atoms with Gasteiger partial charge in [-0.3, -0.25) is 4.79 Å². The smallest absolute Gasteiger partial charge is 0.744 e. The Morgan fingerprint density at radius 2 is 1.89 bits per heavy atom. The van der Waals surface area contributed by atoms with Crippen LogP contribution in [0.1, 0.15) is 15.9 Å². The van der Waals surface area contributed by atoms with Gasteiger partial charge in [0, 0.05) is 17.2 Å². The van der Waals surface area contributed by atoms with Gasteiger partial charge in [-0.05, 0) is 12.1 Å². The van der Waals surface area contributed by atoms with E-state index < -0.39 is 20.8 Å². The van der Waals surface area contributed by atoms with Crippen LogP contribution in [0, 0.1) is 0 Å². The molecule has 1 aromatic carbocycles. The molecule has 0 spiro atoms. The molecular weight excluding hydrogens is 267 g/mol. The van der Waals surface area contributed by atoms with Crippen LogP contribution in [0.5, 0.6) is 0 Å². The van der Waals surface area contributed by atoms with E-state index in [9.17, 15) is 17.8 Å². The van der Waals surface area contributed by atoms with E-state index in [0.29, 0.717) is 0 Å². The SMILES string of the molecule is [N-]=[N+]=C1C=Cc2c(cccc2S(=O)(=O)[O-])C1=O.[Na+]. The maximum atomic E-state index is 11.7. The molecule has 0 amide bonds. The van der Waals surface area contributed by atoms with Crippen molar-refractivity contribution in [2.45, 2.75) is 4.90 Å². The zero-order chi connectivity index (χ0) is 12.6. The number of carbonyl (C=O) groups is 1. The molecule has 6 nitrogen and oxygen atoms in total. The summed E-state index contributed by atoms with van der Waals surface area (Å²) in [6.45, 7) is 0. The number of fused-ring (bicyclic) bond motifs is 1. The van der Waals surface area contributed by atoms with Crippen LogP contribution in [0.2, 0.25) is 0 Å². The van der Waals surface area contributed by atoms with Gasteiger partial charge in [0.1, 0.15) is 10.1 Å². The maximum Gasteiger partial charge on any atom is 1.00 e. The standard InChI is InChI=1S/C10H6N2O4S.Na/c11-12-8-5-4-6-7(10(8)13)2-1-3-9(6)17(14,15)16;/h1-5H,(H,14,15,16);/q;+1/p-1. The Morgan fingerprint density at radius 1 is 1.22 bits per heavy atom. The van der Waals surface area contributed by atoms with Gasteiger partial charge < -0.3 is 10.1 Å². The first-order valence-corrected chi connectivity index (χ1v) is 5.89. The van der Waals surface area contributed by atoms with E-state index in [-0.39, 0.29) is 46.4 Å². The predicted octanol–water partition coefficient (Wildman–Crippen LogP) is -2.52. The van der Waals surface area contributed by atoms with Crippen LogP contribution in [0.25, 0.3) is 11.6 Å². The molecule has 0 aromatic heterocycles. The van der Waals surface area contributed by atoms with E-state index in [1.165, 1.54) is 18.2 Å². The van der Waals surface area contributed by atoms with Gasteiger partial charge in [-0.25, -0.2) is 8.42 Å². The van der Waals surface area contributed by atoms with Gasteiger partial charge in [0.05, 0.1) is 4.90 Å². The minimum absolute atomic E-state index is 0. The Balaban J connectivity index is 0.00000162. The molecule has 0 fully saturated rings. The fraction of sp³-hybridized carbons (Fsp3) is 0. The molecule has 1 aliphatic rings. The van der Waals surface area contributed by atoms with Gasteiger partial charge in [-0.15, -0.1) is 0 Å². The Bertz CT molecular complexity index is 703. The molecule has 1 aromatic rings. The first-order valence-electron chi connectivity index (χ1n) is 4.49. The van der Waals surface area contributed by atoms with E-state index in [1.807, 2.05) is 0 Å². The molecule has 0 bridgehead atoms. The molecule has 0 aliphatic heterocycles. The third kappa shape index (κ3) is 2.51. The van der Waals surface area contributed by atoms with E-state index in [0.717, 1.165) is 12.1 Å². The molecule has 0 saturated carbocycles. The van der Waals surface area contributed by atoms with E-state index in [1.54, 1.807) is 0 Å². The van der Waals surface area contributed by atoms with E-state index >= 15 is 0 Å². The molecule has 0 N–H and O–H groups in total. The summed E-state index contributed by atoms with van der Waals surface area (Å²) >= 11 is 0. The summed E-state index contributed by atoms with van der Waals surface area (Å²) in [5.41, 5.74) is 8.39. The van der Waals surface area contributed by atoms with Gasteiger partial charge in [0.25, 0.3) is 5.78 Å². The minimum Gasteiger partial charge on any atom is -0.744 e. The summed E-state index contributed by atoms with van der Waals surface area (Å²) in [6, 6.07) is 3.77. The molecule has 2 rings (SSSR count). The molecular formula is C10H5N2NaO4S. The number of hydrogen-bond acceptors (Lipinski definition) is 4. The van der Waals surface area contributed by atoms with Crippen molar-refractivity contribution in [1.82, 2.24) is 0 Å². The van der Waals surface area contributed by atoms with Crippen LogP contribution in [-0.4, -0.2) is 29.3 Å². The van der Waals surface area contributed by atoms with Crippen LogP contribution >= 0.6 is 0 Å². The van der Waals surface area contributed by atoms with Crippen LogP contribution in [0.3, 0.4) is 0 Å². The Kier molecular flexibility index (Phi) is 4.39. The third-order valence-corrected chi connectivity index (χ3v) is 3.22. The maximum absolute atomic E-state index is 11.7. The second-order valence-electron chi connectivity index (χ2n) is 3.32. The quantitative estimate of drug-likeness (QED) is 0.243. The largest absolute Gasteiger partial charge is 1.00 e. The van der Waals surface area contributed by atoms with E-state index in [2.05, 4.69) is 4.79 Å². The van der Waals surface area contributed by atoms with Gasteiger partial charge in [0.2, 0.25) is 0 Å². The van der Waals surface area contributed by atoms with Crippen molar-refractivity contribution in [3.8, 4) is 0 Å². The molecule has 0 radical (unpaired) electrons. The number of benzene rings is 1. The zero-order valence-electron chi connectivity index (χ0n) is 9.32. The number of nitrogens with zero attached hydrogens (tertiary/aromatic N) is 2. The molecule has 8 heteroatoms. The molecule has 1 aliphatic carbocycles. The molecule has 18 heavy (non-hydrogen) atoms. The third-order valence-electron chi connectivity index (χ3n) is 2.33. The average molecular weight is 272 g/mol. The molecule has 0 unspecified atom stereocenters. The Morgan fingerprint density at radius 3 is 2.44 bits per heavy atom. The molecule has 86 valence electrons. The first kappa shape index (κ1) is 15.0. The van der Waals surface area contributed by atoms with Crippen molar-refractivity contribution < 1.29 is 52.1 Å². The number of allylic oxidation sites excluding steroid dienone is 1. The summed E-state index contributed by atoms with van der Waals surface area (Å²) in [4.78, 5) is 14.0. The number of hydrogen-bond donors (Lipinski definition) is 0. The van der Waals surface area contributed by atoms with Crippen molar-refractivity contribution >= 4 is 27.7 Å². The van der Waals surface area contributed by atoms with Gasteiger partial charge >= 0.3 is 35.3 Å². The van der Waals surface area contributed by atoms with Crippen LogP contribution in [0.4, 0.5) is 0 Å². The van der Waals surface area contributed by atoms with Crippen molar-refractivity contribution in [2.75, 3.05) is 0 Å². The number of rotatable bonds is 1. The van der Waals surface area contributed by atoms with Crippen LogP contribution in [0.15, 0.2) is 29.2 Å². The van der Waals surface area contributed by atoms with Crippen molar-refractivity contribution in [2.24, 2.45) is 0 Å². The number of ketones is 1. The molecule has 0 heterocycles. The summed E-state index contributed by atoms with van der Waals surface area (Å²) in [6.07, 6.45) is 2.41. The van der Waals surface area contributed by atoms with Crippen molar-refractivity contribution in [1.29, 1.82) is 0 Å². The minimum atomic E-state index is -4.65. The second-order valence-corrected chi connectivity index (χ2v) is 4.67. The fourth-order valence-electron chi connectivity index (χ4n) is 1.59. The van der Waals surface area contributed by atoms with Crippen LogP contribution < -0.4 is 29.6 Å². The Hall–Kier alpha value is -1.08. The summed E-state index contributed by atoms with van der Waals surface area (Å²) < 4.78 is 32.9. The number of carbonyl (C=O) groups excluding carboxylic acids is 1. The average Bonchev–Trinajstić information content (AvgIpc) is 2.28. The fourth-order valence-corrected chi connectivity index (χ4v) is 2.28. The van der Waals surface area contributed by atoms with E-state index in [4.69, 9.17) is 5.53 Å². The topological polar surface area (TPSA) is 111 Å². The Labute approximate surface area is 125 Å². The van der Waals surface area contributed by atoms with Crippen LogP contribution in [-0.2, 0) is 10.1 Å². The predicted molar refractivity (Wildman–Crippen MR) is 56.4 cm³/mol. The molecule has 0 atom stereocenters. The van der Waals surface area contributed by atoms with Crippen molar-refractivity contribution in [3.05, 3.63) is 40.9 Å². The normalized spacial score (nSPS) is 13.6. The summed E-state index contributed by atoms with van der Waals surface area (Å²) in [5.74, 6) is -0.629. The number of Topliss-reactive ketones (excluding diaryl/α,β-unsaturated/α-hetero) is 1. The van der Waals surface area contributed by atoms with Gasteiger partial charge in [-0.2, -0.15) is 4.79 Å².